The fourth-order valence-electron chi connectivity index (χ4n) is 2.99. The fourth-order valence-corrected chi connectivity index (χ4v) is 2.99. The predicted octanol–water partition coefficient (Wildman–Crippen LogP) is 5.22. The first-order valence-electron chi connectivity index (χ1n) is 9.11. The fraction of sp³-hybridized carbons (Fsp3) is 0.286. The molecule has 1 amide bonds. The Morgan fingerprint density at radius 1 is 1.11 bits per heavy atom. The summed E-state index contributed by atoms with van der Waals surface area (Å²) in [5, 5.41) is 14.2. The molecule has 0 aliphatic heterocycles. The Labute approximate surface area is 163 Å². The summed E-state index contributed by atoms with van der Waals surface area (Å²) in [7, 11) is 0. The summed E-state index contributed by atoms with van der Waals surface area (Å²) in [5.41, 5.74) is 3.12. The maximum Gasteiger partial charge on any atom is 0.413 e. The zero-order valence-electron chi connectivity index (χ0n) is 16.3. The quantitative estimate of drug-likeness (QED) is 0.656. The molecule has 0 unspecified atom stereocenters. The van der Waals surface area contributed by atoms with Crippen molar-refractivity contribution in [3.05, 3.63) is 54.6 Å². The number of pyridine rings is 1. The minimum Gasteiger partial charge on any atom is -0.465 e. The molecule has 28 heavy (non-hydrogen) atoms. The molecule has 0 aliphatic carbocycles. The Morgan fingerprint density at radius 3 is 2.36 bits per heavy atom. The summed E-state index contributed by atoms with van der Waals surface area (Å²) in [6.45, 7) is 7.63. The number of hydrogen-bond donors (Lipinski definition) is 1. The second kappa shape index (κ2) is 7.80. The molecule has 0 bridgehead atoms. The molecule has 146 valence electrons. The van der Waals surface area contributed by atoms with E-state index in [1.54, 1.807) is 38.2 Å². The minimum absolute atomic E-state index is 0.139. The molecular weight excluding hydrogens is 359 g/mol. The highest BCUT2D eigenvalue weighted by Gasteiger charge is 2.21. The van der Waals surface area contributed by atoms with Gasteiger partial charge in [0.05, 0.1) is 0 Å². The lowest BCUT2D eigenvalue weighted by molar-refractivity contribution is 0.200. The van der Waals surface area contributed by atoms with Crippen LogP contribution in [-0.4, -0.2) is 32.0 Å². The SMILES string of the molecule is CC(C)N(C(=O)O)c1cc(-c2cn(C(C)C)nc2-c2ccc(F)cc2)ccn1. The van der Waals surface area contributed by atoms with E-state index < -0.39 is 6.09 Å². The van der Waals surface area contributed by atoms with Gasteiger partial charge >= 0.3 is 6.09 Å². The van der Waals surface area contributed by atoms with Gasteiger partial charge in [0.1, 0.15) is 17.3 Å². The number of amides is 1. The number of aromatic nitrogens is 3. The molecule has 2 heterocycles. The predicted molar refractivity (Wildman–Crippen MR) is 107 cm³/mol. The van der Waals surface area contributed by atoms with Crippen LogP contribution in [0.25, 0.3) is 22.4 Å². The summed E-state index contributed by atoms with van der Waals surface area (Å²) in [4.78, 5) is 17.1. The Kier molecular flexibility index (Phi) is 5.44. The van der Waals surface area contributed by atoms with Gasteiger partial charge in [-0.3, -0.25) is 9.58 Å². The van der Waals surface area contributed by atoms with Crippen LogP contribution in [0.5, 0.6) is 0 Å². The first kappa shape index (κ1) is 19.5. The van der Waals surface area contributed by atoms with Gasteiger partial charge < -0.3 is 5.11 Å². The maximum absolute atomic E-state index is 13.4. The van der Waals surface area contributed by atoms with Crippen LogP contribution in [0.1, 0.15) is 33.7 Å². The van der Waals surface area contributed by atoms with Gasteiger partial charge in [-0.25, -0.2) is 14.2 Å². The lowest BCUT2D eigenvalue weighted by atomic mass is 10.0. The van der Waals surface area contributed by atoms with Crippen molar-refractivity contribution in [2.45, 2.75) is 39.8 Å². The first-order chi connectivity index (χ1) is 13.3. The number of nitrogens with zero attached hydrogens (tertiary/aromatic N) is 4. The second-order valence-corrected chi connectivity index (χ2v) is 7.12. The Balaban J connectivity index is 2.14. The van der Waals surface area contributed by atoms with E-state index in [9.17, 15) is 14.3 Å². The van der Waals surface area contributed by atoms with Crippen molar-refractivity contribution >= 4 is 11.9 Å². The van der Waals surface area contributed by atoms with Crippen LogP contribution in [-0.2, 0) is 0 Å². The molecule has 0 saturated heterocycles. The molecular formula is C21H23FN4O2. The molecule has 1 aromatic carbocycles. The zero-order valence-corrected chi connectivity index (χ0v) is 16.3. The third-order valence-electron chi connectivity index (χ3n) is 4.40. The van der Waals surface area contributed by atoms with Gasteiger partial charge in [-0.2, -0.15) is 5.10 Å². The number of halogens is 1. The van der Waals surface area contributed by atoms with Gasteiger partial charge in [0, 0.05) is 35.6 Å². The van der Waals surface area contributed by atoms with E-state index in [1.807, 2.05) is 30.8 Å². The summed E-state index contributed by atoms with van der Waals surface area (Å²) in [5.74, 6) is 0.0381. The number of benzene rings is 1. The summed E-state index contributed by atoms with van der Waals surface area (Å²) in [6.07, 6.45) is 2.45. The van der Waals surface area contributed by atoms with Crippen molar-refractivity contribution in [1.29, 1.82) is 0 Å². The van der Waals surface area contributed by atoms with Gasteiger partial charge in [-0.1, -0.05) is 0 Å². The van der Waals surface area contributed by atoms with Crippen LogP contribution in [0.15, 0.2) is 48.8 Å². The van der Waals surface area contributed by atoms with E-state index in [0.29, 0.717) is 11.5 Å². The molecule has 0 saturated carbocycles. The van der Waals surface area contributed by atoms with Gasteiger partial charge in [-0.15, -0.1) is 0 Å². The van der Waals surface area contributed by atoms with Crippen molar-refractivity contribution < 1.29 is 14.3 Å². The summed E-state index contributed by atoms with van der Waals surface area (Å²) < 4.78 is 15.2. The van der Waals surface area contributed by atoms with E-state index in [4.69, 9.17) is 0 Å². The average molecular weight is 382 g/mol. The van der Waals surface area contributed by atoms with Crippen LogP contribution in [0.3, 0.4) is 0 Å². The Hall–Kier alpha value is -3.22. The molecule has 0 aliphatic rings. The van der Waals surface area contributed by atoms with Crippen molar-refractivity contribution in [3.8, 4) is 22.4 Å². The van der Waals surface area contributed by atoms with E-state index in [2.05, 4.69) is 10.1 Å². The van der Waals surface area contributed by atoms with Crippen LogP contribution in [0.4, 0.5) is 15.0 Å². The number of rotatable bonds is 5. The van der Waals surface area contributed by atoms with Crippen LogP contribution in [0.2, 0.25) is 0 Å². The normalized spacial score (nSPS) is 11.2. The summed E-state index contributed by atoms with van der Waals surface area (Å²) >= 11 is 0. The van der Waals surface area contributed by atoms with Gasteiger partial charge in [0.25, 0.3) is 0 Å². The lowest BCUT2D eigenvalue weighted by Gasteiger charge is -2.22. The maximum atomic E-state index is 13.4. The molecule has 0 spiro atoms. The molecule has 2 aromatic heterocycles. The van der Waals surface area contributed by atoms with Crippen molar-refractivity contribution in [1.82, 2.24) is 14.8 Å². The van der Waals surface area contributed by atoms with E-state index in [1.165, 1.54) is 17.0 Å². The van der Waals surface area contributed by atoms with E-state index in [0.717, 1.165) is 16.7 Å². The largest absolute Gasteiger partial charge is 0.465 e. The van der Waals surface area contributed by atoms with Crippen LogP contribution >= 0.6 is 0 Å². The molecule has 3 aromatic rings. The van der Waals surface area contributed by atoms with Crippen molar-refractivity contribution in [2.75, 3.05) is 4.90 Å². The smallest absolute Gasteiger partial charge is 0.413 e. The highest BCUT2D eigenvalue weighted by molar-refractivity contribution is 5.87. The molecule has 0 radical (unpaired) electrons. The van der Waals surface area contributed by atoms with Crippen molar-refractivity contribution in [2.24, 2.45) is 0 Å². The molecule has 0 atom stereocenters. The van der Waals surface area contributed by atoms with Gasteiger partial charge in [0.15, 0.2) is 0 Å². The summed E-state index contributed by atoms with van der Waals surface area (Å²) in [6, 6.07) is 9.61. The lowest BCUT2D eigenvalue weighted by Crippen LogP contribution is -2.36. The highest BCUT2D eigenvalue weighted by atomic mass is 19.1. The molecule has 0 fully saturated rings. The Morgan fingerprint density at radius 2 is 1.79 bits per heavy atom. The van der Waals surface area contributed by atoms with Gasteiger partial charge in [0.2, 0.25) is 0 Å². The molecule has 3 rings (SSSR count). The monoisotopic (exact) mass is 382 g/mol. The first-order valence-corrected chi connectivity index (χ1v) is 9.11. The third kappa shape index (κ3) is 3.88. The highest BCUT2D eigenvalue weighted by Crippen LogP contribution is 2.33. The average Bonchev–Trinajstić information content (AvgIpc) is 3.08. The topological polar surface area (TPSA) is 71.2 Å². The molecule has 7 heteroatoms. The van der Waals surface area contributed by atoms with Crippen LogP contribution < -0.4 is 4.90 Å². The second-order valence-electron chi connectivity index (χ2n) is 7.12. The minimum atomic E-state index is -1.06. The van der Waals surface area contributed by atoms with Crippen molar-refractivity contribution in [3.63, 3.8) is 0 Å². The Bertz CT molecular complexity index is 980. The van der Waals surface area contributed by atoms with E-state index >= 15 is 0 Å². The molecule has 6 nitrogen and oxygen atoms in total. The zero-order chi connectivity index (χ0) is 20.4. The third-order valence-corrected chi connectivity index (χ3v) is 4.40. The van der Waals surface area contributed by atoms with Crippen LogP contribution in [0, 0.1) is 5.82 Å². The number of carbonyl (C=O) groups is 1. The van der Waals surface area contributed by atoms with Gasteiger partial charge in [-0.05, 0) is 69.7 Å². The molecule has 1 N–H and O–H groups in total. The standard InChI is InChI=1S/C21H23FN4O2/c1-13(2)25-12-18(20(24-25)15-5-7-17(22)8-6-15)16-9-10-23-19(11-16)26(14(3)4)21(27)28/h5-14H,1-4H3,(H,27,28). The number of carboxylic acid groups (broad SMARTS) is 1. The van der Waals surface area contributed by atoms with E-state index in [-0.39, 0.29) is 17.9 Å². The number of hydrogen-bond acceptors (Lipinski definition) is 3. The number of anilines is 1.